The van der Waals surface area contributed by atoms with Crippen LogP contribution in [0.2, 0.25) is 0 Å². The van der Waals surface area contributed by atoms with E-state index in [0.717, 1.165) is 9.87 Å². The Morgan fingerprint density at radius 1 is 1.30 bits per heavy atom. The first-order valence-electron chi connectivity index (χ1n) is 7.92. The van der Waals surface area contributed by atoms with Crippen molar-refractivity contribution in [3.63, 3.8) is 0 Å². The van der Waals surface area contributed by atoms with Crippen molar-refractivity contribution in [1.29, 1.82) is 0 Å². The van der Waals surface area contributed by atoms with Gasteiger partial charge in [0.1, 0.15) is 16.5 Å². The minimum atomic E-state index is -3.94. The maximum atomic E-state index is 13.1. The zero-order valence-corrected chi connectivity index (χ0v) is 16.0. The molecule has 2 aromatic rings. The van der Waals surface area contributed by atoms with Crippen molar-refractivity contribution in [2.24, 2.45) is 5.10 Å². The molecule has 0 saturated carbocycles. The van der Waals surface area contributed by atoms with Crippen molar-refractivity contribution in [3.8, 4) is 5.75 Å². The molecule has 0 atom stereocenters. The fourth-order valence-corrected chi connectivity index (χ4v) is 3.61. The Hall–Kier alpha value is -2.78. The fraction of sp³-hybridized carbons (Fsp3) is 0.222. The second kappa shape index (κ2) is 8.74. The lowest BCUT2D eigenvalue weighted by atomic mass is 10.2. The van der Waals surface area contributed by atoms with Gasteiger partial charge in [-0.2, -0.15) is 9.41 Å². The Balaban J connectivity index is 2.06. The van der Waals surface area contributed by atoms with Gasteiger partial charge in [0, 0.05) is 7.05 Å². The highest BCUT2D eigenvalue weighted by atomic mass is 32.2. The standard InChI is InChI=1S/C18H20FN3O4S/c1-13-7-8-16(26-3)17(9-13)27(24,25)22(2)12-18(23)21-20-11-14-5-4-6-15(19)10-14/h4-11H,12H2,1-3H3,(H,21,23)/b20-11+. The van der Waals surface area contributed by atoms with Crippen LogP contribution in [0.5, 0.6) is 5.75 Å². The maximum Gasteiger partial charge on any atom is 0.255 e. The second-order valence-corrected chi connectivity index (χ2v) is 7.78. The summed E-state index contributed by atoms with van der Waals surface area (Å²) >= 11 is 0. The lowest BCUT2D eigenvalue weighted by Gasteiger charge is -2.18. The Labute approximate surface area is 157 Å². The van der Waals surface area contributed by atoms with Crippen LogP contribution in [0.1, 0.15) is 11.1 Å². The number of carbonyl (C=O) groups excluding carboxylic acids is 1. The van der Waals surface area contributed by atoms with E-state index in [2.05, 4.69) is 10.5 Å². The van der Waals surface area contributed by atoms with E-state index in [1.165, 1.54) is 44.6 Å². The predicted molar refractivity (Wildman–Crippen MR) is 99.7 cm³/mol. The summed E-state index contributed by atoms with van der Waals surface area (Å²) in [7, 11) is -1.28. The number of hydrogen-bond acceptors (Lipinski definition) is 5. The molecule has 27 heavy (non-hydrogen) atoms. The minimum Gasteiger partial charge on any atom is -0.495 e. The summed E-state index contributed by atoms with van der Waals surface area (Å²) in [6.07, 6.45) is 1.26. The van der Waals surface area contributed by atoms with Crippen molar-refractivity contribution in [1.82, 2.24) is 9.73 Å². The third-order valence-electron chi connectivity index (χ3n) is 3.63. The third-order valence-corrected chi connectivity index (χ3v) is 5.45. The molecule has 0 radical (unpaired) electrons. The zero-order chi connectivity index (χ0) is 20.0. The highest BCUT2D eigenvalue weighted by Gasteiger charge is 2.26. The maximum absolute atomic E-state index is 13.1. The van der Waals surface area contributed by atoms with Crippen LogP contribution in [0.3, 0.4) is 0 Å². The van der Waals surface area contributed by atoms with Crippen LogP contribution in [-0.2, 0) is 14.8 Å². The van der Waals surface area contributed by atoms with E-state index in [9.17, 15) is 17.6 Å². The van der Waals surface area contributed by atoms with E-state index in [1.807, 2.05) is 0 Å². The predicted octanol–water partition coefficient (Wildman–Crippen LogP) is 1.91. The Morgan fingerprint density at radius 3 is 2.70 bits per heavy atom. The molecule has 0 bridgehead atoms. The molecule has 1 N–H and O–H groups in total. The van der Waals surface area contributed by atoms with Gasteiger partial charge in [-0.3, -0.25) is 4.79 Å². The number of sulfonamides is 1. The molecule has 0 fully saturated rings. The highest BCUT2D eigenvalue weighted by Crippen LogP contribution is 2.26. The molecule has 0 unspecified atom stereocenters. The minimum absolute atomic E-state index is 0.0245. The van der Waals surface area contributed by atoms with Gasteiger partial charge in [0.25, 0.3) is 5.91 Å². The molecular formula is C18H20FN3O4S. The number of methoxy groups -OCH3 is 1. The van der Waals surface area contributed by atoms with Gasteiger partial charge in [-0.05, 0) is 42.3 Å². The molecule has 9 heteroatoms. The summed E-state index contributed by atoms with van der Waals surface area (Å²) in [6.45, 7) is 1.31. The number of rotatable bonds is 7. The Bertz CT molecular complexity index is 961. The van der Waals surface area contributed by atoms with E-state index in [4.69, 9.17) is 4.74 Å². The number of halogens is 1. The van der Waals surface area contributed by atoms with Crippen molar-refractivity contribution < 1.29 is 22.3 Å². The molecule has 1 amide bonds. The number of ether oxygens (including phenoxy) is 1. The van der Waals surface area contributed by atoms with Gasteiger partial charge in [0.05, 0.1) is 19.9 Å². The van der Waals surface area contributed by atoms with Crippen molar-refractivity contribution in [3.05, 3.63) is 59.4 Å². The van der Waals surface area contributed by atoms with E-state index in [0.29, 0.717) is 5.56 Å². The number of hydrogen-bond donors (Lipinski definition) is 1. The van der Waals surface area contributed by atoms with Gasteiger partial charge in [-0.1, -0.05) is 18.2 Å². The number of hydrazone groups is 1. The number of nitrogens with one attached hydrogen (secondary N) is 1. The molecule has 0 aliphatic heterocycles. The number of nitrogens with zero attached hydrogens (tertiary/aromatic N) is 2. The van der Waals surface area contributed by atoms with E-state index >= 15 is 0 Å². The Kier molecular flexibility index (Phi) is 6.65. The summed E-state index contributed by atoms with van der Waals surface area (Å²) in [6, 6.07) is 10.4. The van der Waals surface area contributed by atoms with Crippen molar-refractivity contribution >= 4 is 22.1 Å². The van der Waals surface area contributed by atoms with Crippen molar-refractivity contribution in [2.45, 2.75) is 11.8 Å². The van der Waals surface area contributed by atoms with Crippen LogP contribution in [0.4, 0.5) is 4.39 Å². The molecule has 0 saturated heterocycles. The van der Waals surface area contributed by atoms with E-state index < -0.39 is 28.3 Å². The quantitative estimate of drug-likeness (QED) is 0.575. The van der Waals surface area contributed by atoms with Gasteiger partial charge >= 0.3 is 0 Å². The highest BCUT2D eigenvalue weighted by molar-refractivity contribution is 7.89. The van der Waals surface area contributed by atoms with Crippen molar-refractivity contribution in [2.75, 3.05) is 20.7 Å². The smallest absolute Gasteiger partial charge is 0.255 e. The lowest BCUT2D eigenvalue weighted by Crippen LogP contribution is -2.36. The molecule has 0 aliphatic rings. The molecule has 2 rings (SSSR count). The number of aryl methyl sites for hydroxylation is 1. The van der Waals surface area contributed by atoms with Crippen LogP contribution in [-0.4, -0.2) is 45.5 Å². The van der Waals surface area contributed by atoms with E-state index in [-0.39, 0.29) is 10.6 Å². The molecule has 0 heterocycles. The number of carbonyl (C=O) groups is 1. The summed E-state index contributed by atoms with van der Waals surface area (Å²) < 4.78 is 44.5. The summed E-state index contributed by atoms with van der Waals surface area (Å²) in [5.74, 6) is -0.875. The first-order chi connectivity index (χ1) is 12.7. The average Bonchev–Trinajstić information content (AvgIpc) is 2.61. The van der Waals surface area contributed by atoms with Crippen LogP contribution < -0.4 is 10.2 Å². The molecular weight excluding hydrogens is 373 g/mol. The van der Waals surface area contributed by atoms with Gasteiger partial charge < -0.3 is 4.74 Å². The van der Waals surface area contributed by atoms with Gasteiger partial charge in [0.2, 0.25) is 10.0 Å². The van der Waals surface area contributed by atoms with Gasteiger partial charge in [-0.15, -0.1) is 0 Å². The molecule has 7 nitrogen and oxygen atoms in total. The van der Waals surface area contributed by atoms with Crippen LogP contribution >= 0.6 is 0 Å². The monoisotopic (exact) mass is 393 g/mol. The lowest BCUT2D eigenvalue weighted by molar-refractivity contribution is -0.121. The Morgan fingerprint density at radius 2 is 2.04 bits per heavy atom. The normalized spacial score (nSPS) is 11.7. The SMILES string of the molecule is COc1ccc(C)cc1S(=O)(=O)N(C)CC(=O)N/N=C/c1cccc(F)c1. The van der Waals surface area contributed by atoms with Crippen LogP contribution in [0.15, 0.2) is 52.5 Å². The fourth-order valence-electron chi connectivity index (χ4n) is 2.24. The van der Waals surface area contributed by atoms with E-state index in [1.54, 1.807) is 25.1 Å². The molecule has 0 aromatic heterocycles. The largest absolute Gasteiger partial charge is 0.495 e. The third kappa shape index (κ3) is 5.35. The zero-order valence-electron chi connectivity index (χ0n) is 15.1. The first-order valence-corrected chi connectivity index (χ1v) is 9.36. The summed E-state index contributed by atoms with van der Waals surface area (Å²) in [5, 5.41) is 3.70. The summed E-state index contributed by atoms with van der Waals surface area (Å²) in [4.78, 5) is 11.9. The number of benzene rings is 2. The molecule has 144 valence electrons. The second-order valence-electron chi connectivity index (χ2n) is 5.76. The van der Waals surface area contributed by atoms with Crippen LogP contribution in [0, 0.1) is 12.7 Å². The summed E-state index contributed by atoms with van der Waals surface area (Å²) in [5.41, 5.74) is 3.42. The molecule has 2 aromatic carbocycles. The number of amides is 1. The van der Waals surface area contributed by atoms with Gasteiger partial charge in [0.15, 0.2) is 0 Å². The van der Waals surface area contributed by atoms with Gasteiger partial charge in [-0.25, -0.2) is 18.2 Å². The molecule has 0 aliphatic carbocycles. The average molecular weight is 393 g/mol. The number of likely N-dealkylation sites (N-methyl/N-ethyl adjacent to an activating group) is 1. The molecule has 0 spiro atoms. The van der Waals surface area contributed by atoms with Crippen LogP contribution in [0.25, 0.3) is 0 Å². The topological polar surface area (TPSA) is 88.1 Å². The first kappa shape index (κ1) is 20.5.